The van der Waals surface area contributed by atoms with Crippen LogP contribution in [0, 0.1) is 0 Å². The molecule has 5 heteroatoms. The molecule has 0 bridgehead atoms. The van der Waals surface area contributed by atoms with Gasteiger partial charge in [0.1, 0.15) is 17.5 Å². The van der Waals surface area contributed by atoms with Crippen molar-refractivity contribution < 1.29 is 4.80 Å². The molecule has 0 saturated carbocycles. The largest absolute Gasteiger partial charge is 0.442 e. The minimum atomic E-state index is -1.24. The Balaban J connectivity index is 3.11. The van der Waals surface area contributed by atoms with Gasteiger partial charge in [-0.2, -0.15) is 0 Å². The molecule has 0 fully saturated rings. The van der Waals surface area contributed by atoms with Crippen LogP contribution in [-0.4, -0.2) is 31.3 Å². The summed E-state index contributed by atoms with van der Waals surface area (Å²) in [4.78, 5) is 8.60. The SMILES string of the molecule is C[Si](C)(N)C[SiH2][SiH2]O. The van der Waals surface area contributed by atoms with Crippen molar-refractivity contribution in [3.05, 3.63) is 0 Å². The van der Waals surface area contributed by atoms with Crippen LogP contribution in [0.15, 0.2) is 0 Å². The van der Waals surface area contributed by atoms with E-state index in [-0.39, 0.29) is 9.04 Å². The second kappa shape index (κ2) is 3.57. The van der Waals surface area contributed by atoms with E-state index in [2.05, 4.69) is 13.1 Å². The van der Waals surface area contributed by atoms with Gasteiger partial charge in [-0.3, -0.25) is 0 Å². The molecule has 2 nitrogen and oxygen atoms in total. The van der Waals surface area contributed by atoms with E-state index >= 15 is 0 Å². The molecular formula is C3H15NOSi3. The summed E-state index contributed by atoms with van der Waals surface area (Å²) in [6, 6.07) is 0. The van der Waals surface area contributed by atoms with Crippen molar-refractivity contribution in [1.82, 2.24) is 0 Å². The molecule has 0 aliphatic rings. The lowest BCUT2D eigenvalue weighted by molar-refractivity contribution is 0.620. The molecule has 50 valence electrons. The molecule has 0 atom stereocenters. The van der Waals surface area contributed by atoms with Crippen molar-refractivity contribution in [2.75, 3.05) is 0 Å². The fraction of sp³-hybridized carbons (Fsp3) is 1.00. The molecule has 3 N–H and O–H groups in total. The van der Waals surface area contributed by atoms with Crippen LogP contribution in [0.2, 0.25) is 18.8 Å². The summed E-state index contributed by atoms with van der Waals surface area (Å²) in [6.45, 7) is 4.31. The second-order valence-corrected chi connectivity index (χ2v) is 13.4. The second-order valence-electron chi connectivity index (χ2n) is 2.82. The Bertz CT molecular complexity index is 62.0. The molecule has 8 heavy (non-hydrogen) atoms. The topological polar surface area (TPSA) is 46.2 Å². The Labute approximate surface area is 56.1 Å². The number of hydrogen-bond donors (Lipinski definition) is 2. The molecule has 0 unspecified atom stereocenters. The molecule has 0 aromatic rings. The molecule has 0 radical (unpaired) electrons. The first-order valence-electron chi connectivity index (χ1n) is 2.96. The fourth-order valence-corrected chi connectivity index (χ4v) is 14.4. The zero-order valence-corrected chi connectivity index (χ0v) is 9.47. The van der Waals surface area contributed by atoms with E-state index in [9.17, 15) is 0 Å². The molecule has 0 amide bonds. The summed E-state index contributed by atoms with van der Waals surface area (Å²) in [5.41, 5.74) is 1.23. The third-order valence-corrected chi connectivity index (χ3v) is 12.0. The van der Waals surface area contributed by atoms with E-state index in [1.807, 2.05) is 0 Å². The molecular weight excluding hydrogens is 150 g/mol. The standard InChI is InChI=1S/C3H15NOSi3/c1-8(2,4)3-6-7-5/h5H,3-4,6-7H2,1-2H3. The van der Waals surface area contributed by atoms with E-state index < -0.39 is 17.5 Å². The lowest BCUT2D eigenvalue weighted by atomic mass is 11.8. The number of rotatable bonds is 3. The highest BCUT2D eigenvalue weighted by Crippen LogP contribution is 1.96. The highest BCUT2D eigenvalue weighted by atomic mass is 29.2. The summed E-state index contributed by atoms with van der Waals surface area (Å²) in [5, 5.41) is 5.81. The van der Waals surface area contributed by atoms with Crippen molar-refractivity contribution >= 4 is 26.6 Å². The van der Waals surface area contributed by atoms with Gasteiger partial charge in [0.15, 0.2) is 0 Å². The first-order chi connectivity index (χ1) is 3.56. The summed E-state index contributed by atoms with van der Waals surface area (Å²) < 4.78 is 0. The van der Waals surface area contributed by atoms with Crippen LogP contribution in [0.3, 0.4) is 0 Å². The van der Waals surface area contributed by atoms with Gasteiger partial charge in [0.25, 0.3) is 0 Å². The Morgan fingerprint density at radius 3 is 2.25 bits per heavy atom. The average Bonchev–Trinajstić information content (AvgIpc) is 1.59. The quantitative estimate of drug-likeness (QED) is 0.488. The van der Waals surface area contributed by atoms with Crippen LogP contribution in [-0.2, 0) is 0 Å². The predicted molar refractivity (Wildman–Crippen MR) is 45.8 cm³/mol. The summed E-state index contributed by atoms with van der Waals surface area (Å²) in [5.74, 6) is 0. The summed E-state index contributed by atoms with van der Waals surface area (Å²) >= 11 is 0. The maximum atomic E-state index is 8.60. The molecule has 0 spiro atoms. The Hall–Kier alpha value is 0.571. The lowest BCUT2D eigenvalue weighted by Gasteiger charge is -2.12. The van der Waals surface area contributed by atoms with Crippen LogP contribution in [0.4, 0.5) is 0 Å². The van der Waals surface area contributed by atoms with Crippen molar-refractivity contribution in [3.8, 4) is 0 Å². The van der Waals surface area contributed by atoms with Crippen LogP contribution in [0.1, 0.15) is 0 Å². The van der Waals surface area contributed by atoms with E-state index in [4.69, 9.17) is 10.2 Å². The third-order valence-electron chi connectivity index (χ3n) is 0.979. The Morgan fingerprint density at radius 2 is 2.12 bits per heavy atom. The molecule has 0 aliphatic carbocycles. The molecule has 0 aromatic carbocycles. The van der Waals surface area contributed by atoms with Crippen LogP contribution >= 0.6 is 0 Å². The van der Waals surface area contributed by atoms with Crippen molar-refractivity contribution in [2.45, 2.75) is 18.8 Å². The Morgan fingerprint density at radius 1 is 1.62 bits per heavy atom. The smallest absolute Gasteiger partial charge is 0.138 e. The fourth-order valence-electron chi connectivity index (χ4n) is 0.535. The molecule has 0 rings (SSSR count). The van der Waals surface area contributed by atoms with Gasteiger partial charge >= 0.3 is 0 Å². The van der Waals surface area contributed by atoms with Gasteiger partial charge in [0, 0.05) is 9.04 Å². The van der Waals surface area contributed by atoms with Gasteiger partial charge in [0.05, 0.1) is 0 Å². The zero-order valence-electron chi connectivity index (χ0n) is 5.65. The van der Waals surface area contributed by atoms with E-state index in [0.29, 0.717) is 0 Å². The highest BCUT2D eigenvalue weighted by Gasteiger charge is 2.12. The molecule has 0 saturated heterocycles. The lowest BCUT2D eigenvalue weighted by Crippen LogP contribution is -2.40. The van der Waals surface area contributed by atoms with Gasteiger partial charge in [-0.1, -0.05) is 18.8 Å². The van der Waals surface area contributed by atoms with E-state index in [1.165, 1.54) is 5.67 Å². The molecule has 0 heterocycles. The number of hydrogen-bond acceptors (Lipinski definition) is 2. The molecule has 0 aliphatic heterocycles. The van der Waals surface area contributed by atoms with Gasteiger partial charge in [-0.25, -0.2) is 0 Å². The highest BCUT2D eigenvalue weighted by molar-refractivity contribution is 7.03. The van der Waals surface area contributed by atoms with Gasteiger partial charge in [-0.05, 0) is 0 Å². The van der Waals surface area contributed by atoms with Crippen molar-refractivity contribution in [2.24, 2.45) is 5.40 Å². The van der Waals surface area contributed by atoms with Gasteiger partial charge in [0.2, 0.25) is 0 Å². The maximum Gasteiger partial charge on any atom is 0.138 e. The monoisotopic (exact) mass is 165 g/mol. The minimum Gasteiger partial charge on any atom is -0.442 e. The first kappa shape index (κ1) is 8.57. The third kappa shape index (κ3) is 6.57. The van der Waals surface area contributed by atoms with Gasteiger partial charge in [-0.15, -0.1) is 0 Å². The number of nitrogens with two attached hydrogens (primary N) is 1. The summed E-state index contributed by atoms with van der Waals surface area (Å²) in [6.07, 6.45) is 0. The Kier molecular flexibility index (Phi) is 3.82. The minimum absolute atomic E-state index is 0.0513. The van der Waals surface area contributed by atoms with Gasteiger partial charge < -0.3 is 10.2 Å². The predicted octanol–water partition coefficient (Wildman–Crippen LogP) is -1.73. The van der Waals surface area contributed by atoms with E-state index in [1.54, 1.807) is 0 Å². The van der Waals surface area contributed by atoms with E-state index in [0.717, 1.165) is 0 Å². The van der Waals surface area contributed by atoms with Crippen molar-refractivity contribution in [1.29, 1.82) is 0 Å². The van der Waals surface area contributed by atoms with Crippen molar-refractivity contribution in [3.63, 3.8) is 0 Å². The van der Waals surface area contributed by atoms with Crippen LogP contribution < -0.4 is 5.40 Å². The first-order valence-corrected chi connectivity index (χ1v) is 11.9. The zero-order chi connectivity index (χ0) is 6.62. The summed E-state index contributed by atoms with van der Waals surface area (Å²) in [7, 11) is -1.87. The molecule has 0 aromatic heterocycles. The normalized spacial score (nSPS) is 15.0. The van der Waals surface area contributed by atoms with Crippen LogP contribution in [0.5, 0.6) is 0 Å². The van der Waals surface area contributed by atoms with Crippen LogP contribution in [0.25, 0.3) is 0 Å². The maximum absolute atomic E-state index is 8.60. The average molecular weight is 165 g/mol.